The average molecular weight is 270 g/mol. The monoisotopic (exact) mass is 270 g/mol. The Bertz CT molecular complexity index is 602. The first kappa shape index (κ1) is 14.8. The second-order valence-corrected chi connectivity index (χ2v) is 5.37. The highest BCUT2D eigenvalue weighted by Gasteiger charge is 2.14. The third kappa shape index (κ3) is 3.09. The molecule has 1 atom stereocenters. The number of hydrogen-bond acceptors (Lipinski definition) is 2. The van der Waals surface area contributed by atoms with Gasteiger partial charge in [-0.15, -0.1) is 0 Å². The van der Waals surface area contributed by atoms with Gasteiger partial charge >= 0.3 is 0 Å². The van der Waals surface area contributed by atoms with Crippen LogP contribution in [-0.2, 0) is 11.3 Å². The summed E-state index contributed by atoms with van der Waals surface area (Å²) in [6, 6.07) is 12.1. The molecule has 0 bridgehead atoms. The summed E-state index contributed by atoms with van der Waals surface area (Å²) in [4.78, 5) is 0. The van der Waals surface area contributed by atoms with Crippen LogP contribution in [0.15, 0.2) is 36.4 Å². The zero-order chi connectivity index (χ0) is 14.7. The number of methoxy groups -OCH3 is 1. The lowest BCUT2D eigenvalue weighted by Gasteiger charge is -2.17. The van der Waals surface area contributed by atoms with Crippen LogP contribution >= 0.6 is 0 Å². The lowest BCUT2D eigenvalue weighted by molar-refractivity contribution is 0.184. The van der Waals surface area contributed by atoms with Crippen molar-refractivity contribution in [1.82, 2.24) is 0 Å². The predicted octanol–water partition coefficient (Wildman–Crippen LogP) is 3.84. The quantitative estimate of drug-likeness (QED) is 0.914. The lowest BCUT2D eigenvalue weighted by Crippen LogP contribution is -2.04. The molecular weight excluding hydrogens is 248 g/mol. The van der Waals surface area contributed by atoms with Gasteiger partial charge in [0.05, 0.1) is 6.61 Å². The van der Waals surface area contributed by atoms with Crippen molar-refractivity contribution in [2.24, 2.45) is 0 Å². The Morgan fingerprint density at radius 1 is 1.00 bits per heavy atom. The molecular formula is C18H22O2. The molecule has 0 saturated carbocycles. The van der Waals surface area contributed by atoms with Crippen LogP contribution in [0.4, 0.5) is 0 Å². The molecule has 0 saturated heterocycles. The highest BCUT2D eigenvalue weighted by atomic mass is 16.5. The molecule has 0 aromatic heterocycles. The van der Waals surface area contributed by atoms with Crippen molar-refractivity contribution in [3.63, 3.8) is 0 Å². The fourth-order valence-corrected chi connectivity index (χ4v) is 2.48. The topological polar surface area (TPSA) is 29.5 Å². The Hall–Kier alpha value is -1.64. The number of benzene rings is 2. The number of aliphatic hydroxyl groups excluding tert-OH is 1. The van der Waals surface area contributed by atoms with E-state index in [1.165, 1.54) is 11.1 Å². The third-order valence-electron chi connectivity index (χ3n) is 3.75. The van der Waals surface area contributed by atoms with Gasteiger partial charge in [-0.2, -0.15) is 0 Å². The molecule has 2 nitrogen and oxygen atoms in total. The molecule has 2 aromatic carbocycles. The summed E-state index contributed by atoms with van der Waals surface area (Å²) in [5.41, 5.74) is 6.54. The second kappa shape index (κ2) is 6.21. The van der Waals surface area contributed by atoms with Crippen LogP contribution < -0.4 is 0 Å². The van der Waals surface area contributed by atoms with Crippen LogP contribution in [0.2, 0.25) is 0 Å². The van der Waals surface area contributed by atoms with Crippen LogP contribution in [0, 0.1) is 20.8 Å². The van der Waals surface area contributed by atoms with Crippen molar-refractivity contribution in [2.75, 3.05) is 7.11 Å². The van der Waals surface area contributed by atoms with Crippen LogP contribution in [0.5, 0.6) is 0 Å². The molecule has 1 unspecified atom stereocenters. The van der Waals surface area contributed by atoms with Crippen molar-refractivity contribution < 1.29 is 9.84 Å². The number of aryl methyl sites for hydroxylation is 3. The Morgan fingerprint density at radius 3 is 2.40 bits per heavy atom. The van der Waals surface area contributed by atoms with Crippen molar-refractivity contribution in [2.45, 2.75) is 33.5 Å². The van der Waals surface area contributed by atoms with Crippen molar-refractivity contribution >= 4 is 0 Å². The third-order valence-corrected chi connectivity index (χ3v) is 3.75. The first-order valence-electron chi connectivity index (χ1n) is 6.86. The molecule has 0 radical (unpaired) electrons. The molecule has 0 aliphatic rings. The van der Waals surface area contributed by atoms with Gasteiger partial charge in [-0.1, -0.05) is 36.4 Å². The molecule has 106 valence electrons. The van der Waals surface area contributed by atoms with E-state index in [2.05, 4.69) is 26.0 Å². The molecule has 2 heteroatoms. The smallest absolute Gasteiger partial charge is 0.104 e. The fourth-order valence-electron chi connectivity index (χ4n) is 2.48. The van der Waals surface area contributed by atoms with E-state index in [4.69, 9.17) is 4.74 Å². The van der Waals surface area contributed by atoms with Crippen molar-refractivity contribution in [1.29, 1.82) is 0 Å². The molecule has 0 aliphatic heterocycles. The highest BCUT2D eigenvalue weighted by molar-refractivity contribution is 5.41. The number of rotatable bonds is 4. The highest BCUT2D eigenvalue weighted by Crippen LogP contribution is 2.27. The Morgan fingerprint density at radius 2 is 1.70 bits per heavy atom. The Balaban J connectivity index is 2.38. The van der Waals surface area contributed by atoms with Gasteiger partial charge in [0.25, 0.3) is 0 Å². The van der Waals surface area contributed by atoms with Crippen LogP contribution in [0.3, 0.4) is 0 Å². The molecule has 0 aliphatic carbocycles. The maximum atomic E-state index is 10.6. The summed E-state index contributed by atoms with van der Waals surface area (Å²) in [5.74, 6) is 0. The van der Waals surface area contributed by atoms with Crippen molar-refractivity contribution in [3.05, 3.63) is 69.8 Å². The molecule has 0 spiro atoms. The Labute approximate surface area is 121 Å². The fraction of sp³-hybridized carbons (Fsp3) is 0.333. The van der Waals surface area contributed by atoms with Gasteiger partial charge in [-0.05, 0) is 54.2 Å². The minimum absolute atomic E-state index is 0.562. The predicted molar refractivity (Wildman–Crippen MR) is 81.9 cm³/mol. The zero-order valence-electron chi connectivity index (χ0n) is 12.6. The van der Waals surface area contributed by atoms with Gasteiger partial charge < -0.3 is 9.84 Å². The molecule has 0 amide bonds. The molecule has 20 heavy (non-hydrogen) atoms. The largest absolute Gasteiger partial charge is 0.384 e. The van der Waals surface area contributed by atoms with Gasteiger partial charge in [-0.25, -0.2) is 0 Å². The van der Waals surface area contributed by atoms with Gasteiger partial charge in [-0.3, -0.25) is 0 Å². The van der Waals surface area contributed by atoms with Crippen molar-refractivity contribution in [3.8, 4) is 0 Å². The minimum atomic E-state index is -0.592. The van der Waals surface area contributed by atoms with E-state index in [1.807, 2.05) is 31.2 Å². The van der Waals surface area contributed by atoms with E-state index in [1.54, 1.807) is 7.11 Å². The van der Waals surface area contributed by atoms with E-state index in [9.17, 15) is 5.11 Å². The molecule has 1 N–H and O–H groups in total. The van der Waals surface area contributed by atoms with Gasteiger partial charge in [0.15, 0.2) is 0 Å². The summed E-state index contributed by atoms with van der Waals surface area (Å²) in [7, 11) is 1.68. The maximum absolute atomic E-state index is 10.6. The first-order chi connectivity index (χ1) is 9.52. The SMILES string of the molecule is COCc1cccc(C(O)c2cc(C)c(C)cc2C)c1. The van der Waals surface area contributed by atoms with E-state index in [0.717, 1.165) is 22.3 Å². The lowest BCUT2D eigenvalue weighted by atomic mass is 9.93. The normalized spacial score (nSPS) is 12.4. The van der Waals surface area contributed by atoms with Crippen LogP contribution in [0.1, 0.15) is 39.5 Å². The van der Waals surface area contributed by atoms with E-state index in [-0.39, 0.29) is 0 Å². The summed E-state index contributed by atoms with van der Waals surface area (Å²) in [6.07, 6.45) is -0.592. The van der Waals surface area contributed by atoms with Gasteiger partial charge in [0.1, 0.15) is 6.10 Å². The van der Waals surface area contributed by atoms with Gasteiger partial charge in [0.2, 0.25) is 0 Å². The minimum Gasteiger partial charge on any atom is -0.384 e. The molecule has 2 aromatic rings. The number of hydrogen-bond donors (Lipinski definition) is 1. The van der Waals surface area contributed by atoms with E-state index < -0.39 is 6.10 Å². The van der Waals surface area contributed by atoms with E-state index >= 15 is 0 Å². The summed E-state index contributed by atoms with van der Waals surface area (Å²) >= 11 is 0. The summed E-state index contributed by atoms with van der Waals surface area (Å²) < 4.78 is 5.15. The zero-order valence-corrected chi connectivity index (χ0v) is 12.6. The standard InChI is InChI=1S/C18H22O2/c1-12-8-14(3)17(9-13(12)2)18(19)16-7-5-6-15(10-16)11-20-4/h5-10,18-19H,11H2,1-4H3. The second-order valence-electron chi connectivity index (χ2n) is 5.37. The summed E-state index contributed by atoms with van der Waals surface area (Å²) in [5, 5.41) is 10.6. The maximum Gasteiger partial charge on any atom is 0.104 e. The van der Waals surface area contributed by atoms with Crippen LogP contribution in [0.25, 0.3) is 0 Å². The first-order valence-corrected chi connectivity index (χ1v) is 6.86. The number of aliphatic hydroxyl groups is 1. The summed E-state index contributed by atoms with van der Waals surface area (Å²) in [6.45, 7) is 6.78. The molecule has 0 fully saturated rings. The molecule has 2 rings (SSSR count). The van der Waals surface area contributed by atoms with E-state index in [0.29, 0.717) is 6.61 Å². The van der Waals surface area contributed by atoms with Gasteiger partial charge in [0, 0.05) is 7.11 Å². The number of ether oxygens (including phenoxy) is 1. The average Bonchev–Trinajstić information content (AvgIpc) is 2.43. The molecule has 0 heterocycles. The van der Waals surface area contributed by atoms with Crippen LogP contribution in [-0.4, -0.2) is 12.2 Å². The Kier molecular flexibility index (Phi) is 4.58.